The van der Waals surface area contributed by atoms with E-state index < -0.39 is 17.9 Å². The van der Waals surface area contributed by atoms with Gasteiger partial charge in [0.25, 0.3) is 5.88 Å². The van der Waals surface area contributed by atoms with Crippen LogP contribution in [0, 0.1) is 17.1 Å². The number of hydrogen-bond donors (Lipinski definition) is 3. The summed E-state index contributed by atoms with van der Waals surface area (Å²) in [6.45, 7) is 1.97. The second kappa shape index (κ2) is 8.76. The van der Waals surface area contributed by atoms with Gasteiger partial charge in [0.15, 0.2) is 11.5 Å². The van der Waals surface area contributed by atoms with Crippen molar-refractivity contribution in [1.82, 2.24) is 25.1 Å². The SMILES string of the molecule is CNCc1c(-c2cnc(N)c(O[C@H](C)c3cc(F)ccc3C(=O)O)n2)c(C#N)nn1C. The third kappa shape index (κ3) is 4.29. The van der Waals surface area contributed by atoms with Gasteiger partial charge in [-0.25, -0.2) is 19.2 Å². The van der Waals surface area contributed by atoms with Crippen LogP contribution in [-0.4, -0.2) is 37.9 Å². The molecule has 0 spiro atoms. The number of carboxylic acids is 1. The topological polar surface area (TPSA) is 152 Å². The summed E-state index contributed by atoms with van der Waals surface area (Å²) in [4.78, 5) is 20.0. The van der Waals surface area contributed by atoms with E-state index in [2.05, 4.69) is 20.4 Å². The largest absolute Gasteiger partial charge is 0.478 e. The van der Waals surface area contributed by atoms with Crippen LogP contribution in [0.25, 0.3) is 11.3 Å². The van der Waals surface area contributed by atoms with Crippen molar-refractivity contribution in [2.75, 3.05) is 12.8 Å². The molecule has 4 N–H and O–H groups in total. The van der Waals surface area contributed by atoms with Gasteiger partial charge in [0, 0.05) is 19.2 Å². The number of anilines is 1. The lowest BCUT2D eigenvalue weighted by molar-refractivity contribution is 0.0691. The number of hydrogen-bond acceptors (Lipinski definition) is 8. The molecule has 1 aromatic carbocycles. The van der Waals surface area contributed by atoms with Gasteiger partial charge in [-0.3, -0.25) is 4.68 Å². The number of ether oxygens (including phenoxy) is 1. The second-order valence-electron chi connectivity index (χ2n) is 6.68. The fourth-order valence-corrected chi connectivity index (χ4v) is 3.16. The molecule has 0 fully saturated rings. The zero-order valence-electron chi connectivity index (χ0n) is 17.0. The summed E-state index contributed by atoms with van der Waals surface area (Å²) in [5.41, 5.74) is 7.57. The zero-order chi connectivity index (χ0) is 22.7. The summed E-state index contributed by atoms with van der Waals surface area (Å²) in [5.74, 6) is -1.94. The molecule has 0 bridgehead atoms. The molecule has 0 unspecified atom stereocenters. The number of rotatable bonds is 7. The highest BCUT2D eigenvalue weighted by Crippen LogP contribution is 2.31. The third-order valence-corrected chi connectivity index (χ3v) is 4.61. The van der Waals surface area contributed by atoms with E-state index in [0.29, 0.717) is 23.5 Å². The van der Waals surface area contributed by atoms with Crippen molar-refractivity contribution in [3.8, 4) is 23.2 Å². The Hall–Kier alpha value is -4.04. The summed E-state index contributed by atoms with van der Waals surface area (Å²) in [6.07, 6.45) is 0.504. The maximum Gasteiger partial charge on any atom is 0.336 e. The van der Waals surface area contributed by atoms with E-state index in [4.69, 9.17) is 10.5 Å². The van der Waals surface area contributed by atoms with Gasteiger partial charge in [0.05, 0.1) is 28.7 Å². The molecule has 11 heteroatoms. The van der Waals surface area contributed by atoms with Crippen molar-refractivity contribution in [3.63, 3.8) is 0 Å². The van der Waals surface area contributed by atoms with Gasteiger partial charge in [-0.05, 0) is 32.2 Å². The van der Waals surface area contributed by atoms with Crippen molar-refractivity contribution < 1.29 is 19.0 Å². The molecule has 0 aliphatic rings. The maximum absolute atomic E-state index is 13.7. The molecule has 0 amide bonds. The Morgan fingerprint density at radius 1 is 1.48 bits per heavy atom. The van der Waals surface area contributed by atoms with Crippen LogP contribution in [0.1, 0.15) is 40.3 Å². The normalized spacial score (nSPS) is 11.7. The summed E-state index contributed by atoms with van der Waals surface area (Å²) < 4.78 is 21.1. The molecule has 0 aliphatic heterocycles. The fraction of sp³-hybridized carbons (Fsp3) is 0.250. The molecule has 2 heterocycles. The van der Waals surface area contributed by atoms with Crippen LogP contribution < -0.4 is 15.8 Å². The van der Waals surface area contributed by atoms with Crippen LogP contribution in [0.2, 0.25) is 0 Å². The Morgan fingerprint density at radius 2 is 2.23 bits per heavy atom. The Bertz CT molecular complexity index is 1190. The first-order chi connectivity index (χ1) is 14.8. The lowest BCUT2D eigenvalue weighted by Crippen LogP contribution is -2.13. The van der Waals surface area contributed by atoms with E-state index >= 15 is 0 Å². The number of aromatic nitrogens is 4. The van der Waals surface area contributed by atoms with Gasteiger partial charge >= 0.3 is 5.97 Å². The van der Waals surface area contributed by atoms with Crippen LogP contribution >= 0.6 is 0 Å². The predicted octanol–water partition coefficient (Wildman–Crippen LogP) is 2.03. The first-order valence-corrected chi connectivity index (χ1v) is 9.19. The Morgan fingerprint density at radius 3 is 2.87 bits per heavy atom. The highest BCUT2D eigenvalue weighted by Gasteiger charge is 2.23. The van der Waals surface area contributed by atoms with Gasteiger partial charge < -0.3 is 20.9 Å². The minimum atomic E-state index is -1.22. The van der Waals surface area contributed by atoms with Gasteiger partial charge in [-0.1, -0.05) is 0 Å². The molecule has 1 atom stereocenters. The van der Waals surface area contributed by atoms with E-state index in [0.717, 1.165) is 18.2 Å². The predicted molar refractivity (Wildman–Crippen MR) is 109 cm³/mol. The number of nitrogens with zero attached hydrogens (tertiary/aromatic N) is 5. The Kier molecular flexibility index (Phi) is 6.12. The summed E-state index contributed by atoms with van der Waals surface area (Å²) in [7, 11) is 3.46. The first-order valence-electron chi connectivity index (χ1n) is 9.19. The quantitative estimate of drug-likeness (QED) is 0.516. The first kappa shape index (κ1) is 21.7. The van der Waals surface area contributed by atoms with E-state index in [1.165, 1.54) is 6.20 Å². The van der Waals surface area contributed by atoms with Crippen molar-refractivity contribution in [1.29, 1.82) is 5.26 Å². The number of carboxylic acid groups (broad SMARTS) is 1. The highest BCUT2D eigenvalue weighted by atomic mass is 19.1. The van der Waals surface area contributed by atoms with Crippen molar-refractivity contribution in [2.24, 2.45) is 7.05 Å². The molecule has 3 rings (SSSR count). The van der Waals surface area contributed by atoms with Gasteiger partial charge in [-0.15, -0.1) is 0 Å². The van der Waals surface area contributed by atoms with E-state index in [9.17, 15) is 19.6 Å². The minimum absolute atomic E-state index is 0.0403. The second-order valence-corrected chi connectivity index (χ2v) is 6.68. The molecule has 160 valence electrons. The number of nitrogen functional groups attached to an aromatic ring is 1. The molecule has 0 saturated carbocycles. The Labute approximate surface area is 177 Å². The summed E-state index contributed by atoms with van der Waals surface area (Å²) in [6, 6.07) is 5.34. The number of aromatic carboxylic acids is 1. The molecule has 10 nitrogen and oxygen atoms in total. The zero-order valence-corrected chi connectivity index (χ0v) is 17.0. The average molecular weight is 425 g/mol. The van der Waals surface area contributed by atoms with E-state index in [-0.39, 0.29) is 28.5 Å². The number of nitrogens with one attached hydrogen (secondary N) is 1. The van der Waals surface area contributed by atoms with Gasteiger partial charge in [0.2, 0.25) is 0 Å². The molecule has 0 saturated heterocycles. The van der Waals surface area contributed by atoms with Gasteiger partial charge in [-0.2, -0.15) is 10.4 Å². The number of halogens is 1. The fourth-order valence-electron chi connectivity index (χ4n) is 3.16. The summed E-state index contributed by atoms with van der Waals surface area (Å²) >= 11 is 0. The van der Waals surface area contributed by atoms with Crippen molar-refractivity contribution in [2.45, 2.75) is 19.6 Å². The Balaban J connectivity index is 2.04. The maximum atomic E-state index is 13.7. The molecule has 31 heavy (non-hydrogen) atoms. The van der Waals surface area contributed by atoms with E-state index in [1.807, 2.05) is 6.07 Å². The number of benzene rings is 1. The van der Waals surface area contributed by atoms with Crippen LogP contribution in [0.3, 0.4) is 0 Å². The smallest absolute Gasteiger partial charge is 0.336 e. The van der Waals surface area contributed by atoms with Crippen LogP contribution in [-0.2, 0) is 13.6 Å². The molecular formula is C20H20FN7O3. The molecular weight excluding hydrogens is 405 g/mol. The van der Waals surface area contributed by atoms with Crippen LogP contribution in [0.4, 0.5) is 10.2 Å². The number of nitriles is 1. The summed E-state index contributed by atoms with van der Waals surface area (Å²) in [5, 5.41) is 26.1. The highest BCUT2D eigenvalue weighted by molar-refractivity contribution is 5.89. The third-order valence-electron chi connectivity index (χ3n) is 4.61. The minimum Gasteiger partial charge on any atom is -0.478 e. The molecule has 0 aliphatic carbocycles. The standard InChI is InChI=1S/C20H20FN7O3/c1-10(13-6-11(21)4-5-12(13)20(29)30)31-19-18(23)25-8-15(26-19)17-14(7-22)27-28(3)16(17)9-24-2/h4-6,8,10,24H,9H2,1-3H3,(H2,23,25)(H,29,30)/t10-/m1/s1. The molecule has 3 aromatic rings. The molecule has 0 radical (unpaired) electrons. The van der Waals surface area contributed by atoms with Crippen LogP contribution in [0.15, 0.2) is 24.4 Å². The van der Waals surface area contributed by atoms with Crippen LogP contribution in [0.5, 0.6) is 5.88 Å². The van der Waals surface area contributed by atoms with Gasteiger partial charge in [0.1, 0.15) is 18.0 Å². The lowest BCUT2D eigenvalue weighted by atomic mass is 10.0. The van der Waals surface area contributed by atoms with Crippen molar-refractivity contribution in [3.05, 3.63) is 52.7 Å². The number of aryl methyl sites for hydroxylation is 1. The van der Waals surface area contributed by atoms with E-state index in [1.54, 1.807) is 25.7 Å². The molecule has 2 aromatic heterocycles. The number of carbonyl (C=O) groups is 1. The average Bonchev–Trinajstić information content (AvgIpc) is 3.05. The monoisotopic (exact) mass is 425 g/mol. The van der Waals surface area contributed by atoms with Crippen molar-refractivity contribution >= 4 is 11.8 Å². The number of nitrogens with two attached hydrogens (primary N) is 1. The lowest BCUT2D eigenvalue weighted by Gasteiger charge is -2.18.